The van der Waals surface area contributed by atoms with Crippen LogP contribution in [0.5, 0.6) is 17.2 Å². The summed E-state index contributed by atoms with van der Waals surface area (Å²) in [6.45, 7) is 7.32. The highest BCUT2D eigenvalue weighted by molar-refractivity contribution is 7.80. The minimum atomic E-state index is 0.306. The van der Waals surface area contributed by atoms with Gasteiger partial charge in [-0.2, -0.15) is 0 Å². The van der Waals surface area contributed by atoms with Crippen molar-refractivity contribution >= 4 is 17.2 Å². The second-order valence-electron chi connectivity index (χ2n) is 3.46. The topological polar surface area (TPSA) is 53.7 Å². The van der Waals surface area contributed by atoms with Crippen LogP contribution < -0.4 is 19.9 Å². The van der Waals surface area contributed by atoms with Gasteiger partial charge in [-0.05, 0) is 32.9 Å². The molecule has 2 N–H and O–H groups in total. The van der Waals surface area contributed by atoms with E-state index >= 15 is 0 Å². The molecule has 0 atom stereocenters. The van der Waals surface area contributed by atoms with Crippen LogP contribution in [-0.2, 0) is 0 Å². The van der Waals surface area contributed by atoms with Crippen LogP contribution in [0.15, 0.2) is 12.1 Å². The Kier molecular flexibility index (Phi) is 5.71. The molecule has 5 heteroatoms. The fourth-order valence-electron chi connectivity index (χ4n) is 1.53. The van der Waals surface area contributed by atoms with Crippen molar-refractivity contribution in [3.8, 4) is 17.2 Å². The number of benzene rings is 1. The van der Waals surface area contributed by atoms with Crippen molar-refractivity contribution in [2.24, 2.45) is 5.73 Å². The molecular formula is C13H19NO3S. The zero-order valence-electron chi connectivity index (χ0n) is 11.0. The van der Waals surface area contributed by atoms with Crippen molar-refractivity contribution in [1.29, 1.82) is 0 Å². The third kappa shape index (κ3) is 3.50. The Bertz CT molecular complexity index is 394. The summed E-state index contributed by atoms with van der Waals surface area (Å²) in [7, 11) is 0. The van der Waals surface area contributed by atoms with E-state index in [9.17, 15) is 0 Å². The zero-order chi connectivity index (χ0) is 13.5. The van der Waals surface area contributed by atoms with Crippen LogP contribution in [0.25, 0.3) is 0 Å². The number of rotatable bonds is 7. The van der Waals surface area contributed by atoms with Crippen LogP contribution in [0.3, 0.4) is 0 Å². The molecule has 0 unspecified atom stereocenters. The fraction of sp³-hybridized carbons (Fsp3) is 0.462. The van der Waals surface area contributed by atoms with E-state index in [2.05, 4.69) is 0 Å². The van der Waals surface area contributed by atoms with Crippen LogP contribution in [0.4, 0.5) is 0 Å². The predicted molar refractivity (Wildman–Crippen MR) is 75.8 cm³/mol. The van der Waals surface area contributed by atoms with Gasteiger partial charge in [-0.15, -0.1) is 0 Å². The van der Waals surface area contributed by atoms with Gasteiger partial charge in [0, 0.05) is 5.56 Å². The van der Waals surface area contributed by atoms with Gasteiger partial charge in [0.15, 0.2) is 11.5 Å². The molecule has 0 fully saturated rings. The summed E-state index contributed by atoms with van der Waals surface area (Å²) in [5.41, 5.74) is 6.36. The van der Waals surface area contributed by atoms with Gasteiger partial charge in [-0.25, -0.2) is 0 Å². The maximum Gasteiger partial charge on any atom is 0.203 e. The lowest BCUT2D eigenvalue weighted by Gasteiger charge is -2.16. The van der Waals surface area contributed by atoms with E-state index in [-0.39, 0.29) is 0 Å². The number of thiocarbonyl (C=S) groups is 1. The summed E-state index contributed by atoms with van der Waals surface area (Å²) in [6, 6.07) is 3.55. The molecule has 4 nitrogen and oxygen atoms in total. The average molecular weight is 269 g/mol. The van der Waals surface area contributed by atoms with E-state index in [4.69, 9.17) is 32.2 Å². The van der Waals surface area contributed by atoms with Gasteiger partial charge in [-0.1, -0.05) is 12.2 Å². The molecule has 0 heterocycles. The van der Waals surface area contributed by atoms with Crippen LogP contribution in [0.2, 0.25) is 0 Å². The van der Waals surface area contributed by atoms with E-state index in [0.717, 1.165) is 0 Å². The molecular weight excluding hydrogens is 250 g/mol. The maximum absolute atomic E-state index is 5.65. The van der Waals surface area contributed by atoms with Crippen LogP contribution >= 0.6 is 12.2 Å². The second-order valence-corrected chi connectivity index (χ2v) is 3.90. The molecule has 0 aromatic heterocycles. The summed E-state index contributed by atoms with van der Waals surface area (Å²) in [5, 5.41) is 0. The molecule has 0 aliphatic carbocycles. The van der Waals surface area contributed by atoms with E-state index in [1.54, 1.807) is 12.1 Å². The highest BCUT2D eigenvalue weighted by atomic mass is 32.1. The van der Waals surface area contributed by atoms with Crippen molar-refractivity contribution in [1.82, 2.24) is 0 Å². The Morgan fingerprint density at radius 1 is 1.00 bits per heavy atom. The van der Waals surface area contributed by atoms with Crippen molar-refractivity contribution in [3.05, 3.63) is 17.7 Å². The minimum Gasteiger partial charge on any atom is -0.490 e. The third-order valence-electron chi connectivity index (χ3n) is 2.19. The van der Waals surface area contributed by atoms with Gasteiger partial charge >= 0.3 is 0 Å². The van der Waals surface area contributed by atoms with E-state index in [0.29, 0.717) is 47.6 Å². The lowest BCUT2D eigenvalue weighted by Crippen LogP contribution is -2.11. The number of ether oxygens (including phenoxy) is 3. The molecule has 0 saturated carbocycles. The normalized spacial score (nSPS) is 9.94. The number of nitrogens with two attached hydrogens (primary N) is 1. The Morgan fingerprint density at radius 2 is 1.44 bits per heavy atom. The zero-order valence-corrected chi connectivity index (χ0v) is 11.8. The van der Waals surface area contributed by atoms with Crippen molar-refractivity contribution < 1.29 is 14.2 Å². The van der Waals surface area contributed by atoms with Crippen LogP contribution in [-0.4, -0.2) is 24.8 Å². The van der Waals surface area contributed by atoms with E-state index in [1.165, 1.54) is 0 Å². The summed E-state index contributed by atoms with van der Waals surface area (Å²) in [6.07, 6.45) is 0. The highest BCUT2D eigenvalue weighted by Gasteiger charge is 2.15. The Hall–Kier alpha value is -1.49. The van der Waals surface area contributed by atoms with Gasteiger partial charge in [-0.3, -0.25) is 0 Å². The van der Waals surface area contributed by atoms with Gasteiger partial charge in [0.1, 0.15) is 4.99 Å². The number of hydrogen-bond donors (Lipinski definition) is 1. The SMILES string of the molecule is CCOc1cc(C(N)=S)cc(OCC)c1OCC. The van der Waals surface area contributed by atoms with E-state index in [1.807, 2.05) is 20.8 Å². The first-order chi connectivity index (χ1) is 8.63. The first-order valence-corrected chi connectivity index (χ1v) is 6.41. The molecule has 0 radical (unpaired) electrons. The molecule has 18 heavy (non-hydrogen) atoms. The molecule has 0 aliphatic heterocycles. The molecule has 100 valence electrons. The smallest absolute Gasteiger partial charge is 0.203 e. The van der Waals surface area contributed by atoms with Crippen molar-refractivity contribution in [2.45, 2.75) is 20.8 Å². The first kappa shape index (κ1) is 14.6. The van der Waals surface area contributed by atoms with Gasteiger partial charge < -0.3 is 19.9 Å². The lowest BCUT2D eigenvalue weighted by atomic mass is 10.2. The monoisotopic (exact) mass is 269 g/mol. The largest absolute Gasteiger partial charge is 0.490 e. The van der Waals surface area contributed by atoms with E-state index < -0.39 is 0 Å². The molecule has 0 spiro atoms. The van der Waals surface area contributed by atoms with Crippen molar-refractivity contribution in [3.63, 3.8) is 0 Å². The molecule has 0 aliphatic rings. The third-order valence-corrected chi connectivity index (χ3v) is 2.43. The maximum atomic E-state index is 5.65. The fourth-order valence-corrected chi connectivity index (χ4v) is 1.65. The number of hydrogen-bond acceptors (Lipinski definition) is 4. The van der Waals surface area contributed by atoms with Gasteiger partial charge in [0.2, 0.25) is 5.75 Å². The molecule has 0 saturated heterocycles. The van der Waals surface area contributed by atoms with Gasteiger partial charge in [0.05, 0.1) is 19.8 Å². The average Bonchev–Trinajstić information content (AvgIpc) is 2.33. The van der Waals surface area contributed by atoms with Crippen molar-refractivity contribution in [2.75, 3.05) is 19.8 Å². The Balaban J connectivity index is 3.28. The molecule has 1 aromatic rings. The standard InChI is InChI=1S/C13H19NO3S/c1-4-15-10-7-9(13(14)18)8-11(16-5-2)12(10)17-6-3/h7-8H,4-6H2,1-3H3,(H2,14,18). The summed E-state index contributed by atoms with van der Waals surface area (Å²) in [4.78, 5) is 0.306. The quantitative estimate of drug-likeness (QED) is 0.771. The first-order valence-electron chi connectivity index (χ1n) is 6.00. The summed E-state index contributed by atoms with van der Waals surface area (Å²) < 4.78 is 16.7. The highest BCUT2D eigenvalue weighted by Crippen LogP contribution is 2.39. The molecule has 0 bridgehead atoms. The van der Waals surface area contributed by atoms with Crippen LogP contribution in [0, 0.1) is 0 Å². The predicted octanol–water partition coefficient (Wildman–Crippen LogP) is 2.52. The molecule has 1 rings (SSSR count). The molecule has 1 aromatic carbocycles. The van der Waals surface area contributed by atoms with Crippen LogP contribution in [0.1, 0.15) is 26.3 Å². The summed E-state index contributed by atoms with van der Waals surface area (Å²) >= 11 is 4.98. The lowest BCUT2D eigenvalue weighted by molar-refractivity contribution is 0.260. The Morgan fingerprint density at radius 3 is 1.78 bits per heavy atom. The van der Waals surface area contributed by atoms with Gasteiger partial charge in [0.25, 0.3) is 0 Å². The second kappa shape index (κ2) is 7.06. The Labute approximate surface area is 113 Å². The molecule has 0 amide bonds. The summed E-state index contributed by atoms with van der Waals surface area (Å²) in [5.74, 6) is 1.81. The minimum absolute atomic E-state index is 0.306.